The van der Waals surface area contributed by atoms with Gasteiger partial charge in [-0.25, -0.2) is 0 Å². The number of fused-ring (bicyclic) bond motifs is 8. The summed E-state index contributed by atoms with van der Waals surface area (Å²) in [5, 5.41) is 7.62. The molecule has 0 aliphatic carbocycles. The Bertz CT molecular complexity index is 2810. The van der Waals surface area contributed by atoms with Gasteiger partial charge < -0.3 is 4.90 Å². The standard InChI is InChI=1S/C45H28N2S2/c1-2-7-29(8-3-1)30-13-19-34(20-14-30)47(39-10-6-12-41-45(39)36-9-4-5-11-40(36)48-41)35-21-15-31(16-22-35)33-17-23-37-43(27-33)49-42-24-18-32-25-26-46-28-38(32)44(37)42/h1-28H. The van der Waals surface area contributed by atoms with Crippen LogP contribution < -0.4 is 4.90 Å². The Kier molecular flexibility index (Phi) is 6.57. The summed E-state index contributed by atoms with van der Waals surface area (Å²) in [5.41, 5.74) is 8.29. The lowest BCUT2D eigenvalue weighted by atomic mass is 10.0. The number of nitrogens with zero attached hydrogens (tertiary/aromatic N) is 2. The maximum absolute atomic E-state index is 4.43. The van der Waals surface area contributed by atoms with Gasteiger partial charge in [0, 0.05) is 69.5 Å². The van der Waals surface area contributed by atoms with Crippen molar-refractivity contribution < 1.29 is 0 Å². The number of benzene rings is 7. The number of hydrogen-bond donors (Lipinski definition) is 0. The smallest absolute Gasteiger partial charge is 0.0554 e. The second kappa shape index (κ2) is 11.4. The topological polar surface area (TPSA) is 16.1 Å². The molecule has 0 radical (unpaired) electrons. The summed E-state index contributed by atoms with van der Waals surface area (Å²) < 4.78 is 5.19. The van der Waals surface area contributed by atoms with Crippen molar-refractivity contribution in [1.29, 1.82) is 0 Å². The molecule has 0 aliphatic heterocycles. The third kappa shape index (κ3) is 4.72. The molecule has 49 heavy (non-hydrogen) atoms. The molecule has 2 nitrogen and oxygen atoms in total. The van der Waals surface area contributed by atoms with Crippen LogP contribution in [0.15, 0.2) is 170 Å². The van der Waals surface area contributed by atoms with Crippen molar-refractivity contribution in [3.63, 3.8) is 0 Å². The van der Waals surface area contributed by atoms with E-state index in [1.54, 1.807) is 0 Å². The van der Waals surface area contributed by atoms with E-state index in [1.807, 2.05) is 35.1 Å². The van der Waals surface area contributed by atoms with E-state index in [4.69, 9.17) is 0 Å². The highest BCUT2D eigenvalue weighted by molar-refractivity contribution is 7.26. The molecule has 0 saturated carbocycles. The van der Waals surface area contributed by atoms with Gasteiger partial charge in [0.05, 0.1) is 5.69 Å². The van der Waals surface area contributed by atoms with Crippen LogP contribution >= 0.6 is 22.7 Å². The fourth-order valence-electron chi connectivity index (χ4n) is 7.22. The van der Waals surface area contributed by atoms with Gasteiger partial charge in [-0.05, 0) is 88.3 Å². The van der Waals surface area contributed by atoms with E-state index in [9.17, 15) is 0 Å². The van der Waals surface area contributed by atoms with Crippen LogP contribution in [0.25, 0.3) is 73.4 Å². The van der Waals surface area contributed by atoms with Gasteiger partial charge in [0.15, 0.2) is 0 Å². The molecule has 0 atom stereocenters. The van der Waals surface area contributed by atoms with Gasteiger partial charge in [-0.2, -0.15) is 0 Å². The van der Waals surface area contributed by atoms with Crippen LogP contribution in [0.4, 0.5) is 17.1 Å². The normalized spacial score (nSPS) is 11.7. The van der Waals surface area contributed by atoms with E-state index in [2.05, 4.69) is 168 Å². The van der Waals surface area contributed by atoms with Gasteiger partial charge in [0.1, 0.15) is 0 Å². The Labute approximate surface area is 291 Å². The van der Waals surface area contributed by atoms with E-state index >= 15 is 0 Å². The van der Waals surface area contributed by atoms with Gasteiger partial charge in [0.2, 0.25) is 0 Å². The monoisotopic (exact) mass is 660 g/mol. The predicted molar refractivity (Wildman–Crippen MR) is 213 cm³/mol. The zero-order chi connectivity index (χ0) is 32.3. The SMILES string of the molecule is c1ccc(-c2ccc(N(c3ccc(-c4ccc5c(c4)sc4ccc6ccncc6c45)cc3)c3cccc4sc5ccccc5c34)cc2)cc1. The van der Waals surface area contributed by atoms with Crippen molar-refractivity contribution in [1.82, 2.24) is 4.98 Å². The van der Waals surface area contributed by atoms with E-state index in [0.717, 1.165) is 11.4 Å². The first kappa shape index (κ1) is 28.2. The summed E-state index contributed by atoms with van der Waals surface area (Å²) in [4.78, 5) is 6.84. The van der Waals surface area contributed by atoms with Crippen molar-refractivity contribution in [3.8, 4) is 22.3 Å². The highest BCUT2D eigenvalue weighted by atomic mass is 32.1. The average molecular weight is 661 g/mol. The van der Waals surface area contributed by atoms with Crippen molar-refractivity contribution in [2.45, 2.75) is 0 Å². The largest absolute Gasteiger partial charge is 0.310 e. The van der Waals surface area contributed by atoms with E-state index in [-0.39, 0.29) is 0 Å². The van der Waals surface area contributed by atoms with Gasteiger partial charge in [-0.1, -0.05) is 97.1 Å². The second-order valence-electron chi connectivity index (χ2n) is 12.4. The third-order valence-electron chi connectivity index (χ3n) is 9.57. The number of pyridine rings is 1. The molecule has 0 bridgehead atoms. The van der Waals surface area contributed by atoms with Crippen molar-refractivity contribution >= 4 is 90.9 Å². The molecule has 0 amide bonds. The molecule has 4 heteroatoms. The Morgan fingerprint density at radius 3 is 1.86 bits per heavy atom. The quantitative estimate of drug-likeness (QED) is 0.183. The Balaban J connectivity index is 1.09. The maximum Gasteiger partial charge on any atom is 0.0554 e. The number of rotatable bonds is 5. The number of anilines is 3. The number of thiophene rings is 2. The molecule has 0 spiro atoms. The Morgan fingerprint density at radius 2 is 1.04 bits per heavy atom. The molecule has 3 heterocycles. The van der Waals surface area contributed by atoms with Gasteiger partial charge >= 0.3 is 0 Å². The van der Waals surface area contributed by atoms with Crippen LogP contribution in [0.1, 0.15) is 0 Å². The minimum atomic E-state index is 1.13. The molecule has 0 unspecified atom stereocenters. The first-order valence-electron chi connectivity index (χ1n) is 16.4. The molecule has 10 rings (SSSR count). The van der Waals surface area contributed by atoms with Gasteiger partial charge in [0.25, 0.3) is 0 Å². The zero-order valence-corrected chi connectivity index (χ0v) is 28.0. The molecular formula is C45H28N2S2. The van der Waals surface area contributed by atoms with Crippen LogP contribution in [0, 0.1) is 0 Å². The summed E-state index contributed by atoms with van der Waals surface area (Å²) in [5.74, 6) is 0. The number of aromatic nitrogens is 1. The molecule has 3 aromatic heterocycles. The van der Waals surface area contributed by atoms with Gasteiger partial charge in [-0.15, -0.1) is 22.7 Å². The van der Waals surface area contributed by atoms with Crippen LogP contribution in [0.2, 0.25) is 0 Å². The summed E-state index contributed by atoms with van der Waals surface area (Å²) in [6, 6.07) is 57.5. The van der Waals surface area contributed by atoms with E-state index in [0.29, 0.717) is 0 Å². The minimum Gasteiger partial charge on any atom is -0.310 e. The fourth-order valence-corrected chi connectivity index (χ4v) is 9.51. The summed E-state index contributed by atoms with van der Waals surface area (Å²) in [7, 11) is 0. The molecule has 230 valence electrons. The maximum atomic E-state index is 4.43. The molecule has 0 N–H and O–H groups in total. The lowest BCUT2D eigenvalue weighted by Crippen LogP contribution is -2.10. The first-order valence-corrected chi connectivity index (χ1v) is 18.1. The van der Waals surface area contributed by atoms with Crippen LogP contribution in [0.3, 0.4) is 0 Å². The second-order valence-corrected chi connectivity index (χ2v) is 14.6. The Morgan fingerprint density at radius 1 is 0.408 bits per heavy atom. The minimum absolute atomic E-state index is 1.13. The van der Waals surface area contributed by atoms with Crippen LogP contribution in [-0.2, 0) is 0 Å². The fraction of sp³-hybridized carbons (Fsp3) is 0. The van der Waals surface area contributed by atoms with Crippen LogP contribution in [0.5, 0.6) is 0 Å². The lowest BCUT2D eigenvalue weighted by molar-refractivity contribution is 1.30. The Hall–Kier alpha value is -5.81. The van der Waals surface area contributed by atoms with E-state index < -0.39 is 0 Å². The van der Waals surface area contributed by atoms with Gasteiger partial charge in [-0.3, -0.25) is 4.98 Å². The molecule has 0 fully saturated rings. The third-order valence-corrected chi connectivity index (χ3v) is 11.8. The highest BCUT2D eigenvalue weighted by Crippen LogP contribution is 2.46. The number of hydrogen-bond acceptors (Lipinski definition) is 4. The lowest BCUT2D eigenvalue weighted by Gasteiger charge is -2.27. The molecule has 0 saturated heterocycles. The summed E-state index contributed by atoms with van der Waals surface area (Å²) in [6.45, 7) is 0. The van der Waals surface area contributed by atoms with Crippen molar-refractivity contribution in [2.75, 3.05) is 4.90 Å². The molecule has 10 aromatic rings. The highest BCUT2D eigenvalue weighted by Gasteiger charge is 2.19. The molecule has 7 aromatic carbocycles. The first-order chi connectivity index (χ1) is 24.3. The van der Waals surface area contributed by atoms with Crippen molar-refractivity contribution in [3.05, 3.63) is 170 Å². The van der Waals surface area contributed by atoms with Crippen LogP contribution in [-0.4, -0.2) is 4.98 Å². The predicted octanol–water partition coefficient (Wildman–Crippen LogP) is 13.8. The summed E-state index contributed by atoms with van der Waals surface area (Å²) >= 11 is 3.71. The zero-order valence-electron chi connectivity index (χ0n) is 26.4. The summed E-state index contributed by atoms with van der Waals surface area (Å²) in [6.07, 6.45) is 3.87. The van der Waals surface area contributed by atoms with E-state index in [1.165, 1.54) is 79.1 Å². The molecule has 0 aliphatic rings. The molecular weight excluding hydrogens is 633 g/mol. The average Bonchev–Trinajstić information content (AvgIpc) is 3.75. The van der Waals surface area contributed by atoms with Crippen molar-refractivity contribution in [2.24, 2.45) is 0 Å².